The zero-order chi connectivity index (χ0) is 11.7. The van der Waals surface area contributed by atoms with E-state index in [1.54, 1.807) is 0 Å². The van der Waals surface area contributed by atoms with Crippen molar-refractivity contribution in [3.63, 3.8) is 0 Å². The van der Waals surface area contributed by atoms with Gasteiger partial charge in [-0.25, -0.2) is 0 Å². The fourth-order valence-electron chi connectivity index (χ4n) is 3.23. The van der Waals surface area contributed by atoms with Crippen molar-refractivity contribution < 1.29 is 4.74 Å². The summed E-state index contributed by atoms with van der Waals surface area (Å²) in [6, 6.07) is 2.18. The van der Waals surface area contributed by atoms with Crippen LogP contribution in [0.3, 0.4) is 0 Å². The van der Waals surface area contributed by atoms with Gasteiger partial charge in [0.2, 0.25) is 0 Å². The third-order valence-corrected chi connectivity index (χ3v) is 4.13. The second kappa shape index (κ2) is 4.65. The number of nitrogens with zero attached hydrogens (tertiary/aromatic N) is 2. The molecule has 0 aromatic carbocycles. The molecule has 1 aromatic heterocycles. The van der Waals surface area contributed by atoms with Crippen LogP contribution in [0.15, 0.2) is 18.5 Å². The highest BCUT2D eigenvalue weighted by atomic mass is 16.5. The van der Waals surface area contributed by atoms with Gasteiger partial charge in [-0.2, -0.15) is 0 Å². The monoisotopic (exact) mass is 232 g/mol. The minimum atomic E-state index is 0.672. The summed E-state index contributed by atoms with van der Waals surface area (Å²) in [4.78, 5) is 6.90. The predicted octanol–water partition coefficient (Wildman–Crippen LogP) is 2.29. The van der Waals surface area contributed by atoms with E-state index in [0.717, 1.165) is 11.7 Å². The van der Waals surface area contributed by atoms with E-state index in [9.17, 15) is 0 Å². The summed E-state index contributed by atoms with van der Waals surface area (Å²) in [5, 5.41) is 0. The van der Waals surface area contributed by atoms with Gasteiger partial charge in [-0.1, -0.05) is 0 Å². The van der Waals surface area contributed by atoms with Crippen molar-refractivity contribution >= 4 is 0 Å². The molecule has 1 atom stereocenters. The van der Waals surface area contributed by atoms with Crippen LogP contribution < -0.4 is 4.74 Å². The minimum absolute atomic E-state index is 0.672. The molecule has 0 N–H and O–H groups in total. The lowest BCUT2D eigenvalue weighted by molar-refractivity contribution is 0.0868. The third kappa shape index (κ3) is 2.16. The summed E-state index contributed by atoms with van der Waals surface area (Å²) >= 11 is 0. The van der Waals surface area contributed by atoms with E-state index in [0.29, 0.717) is 12.5 Å². The van der Waals surface area contributed by atoms with E-state index in [2.05, 4.69) is 16.0 Å². The van der Waals surface area contributed by atoms with Crippen molar-refractivity contribution in [2.24, 2.45) is 5.92 Å². The first-order valence-corrected chi connectivity index (χ1v) is 6.67. The molecule has 3 aliphatic rings. The molecule has 92 valence electrons. The highest BCUT2D eigenvalue weighted by Crippen LogP contribution is 2.39. The standard InChI is InChI=1S/C14H20N2O/c1-2-17-13-7-12(8-15-9-13)14-10-16-5-3-11(14)4-6-16/h7-9,11,14H,2-6,10H2,1H3. The maximum absolute atomic E-state index is 5.54. The molecule has 3 fully saturated rings. The van der Waals surface area contributed by atoms with Gasteiger partial charge in [-0.05, 0) is 50.4 Å². The van der Waals surface area contributed by atoms with Crippen LogP contribution in [-0.4, -0.2) is 36.1 Å². The van der Waals surface area contributed by atoms with E-state index in [1.165, 1.54) is 38.0 Å². The molecule has 4 heterocycles. The molecule has 1 unspecified atom stereocenters. The number of aromatic nitrogens is 1. The Labute approximate surface area is 103 Å². The molecule has 1 aromatic rings. The van der Waals surface area contributed by atoms with Crippen LogP contribution in [0.25, 0.3) is 0 Å². The van der Waals surface area contributed by atoms with E-state index in [1.807, 2.05) is 19.3 Å². The largest absolute Gasteiger partial charge is 0.492 e. The van der Waals surface area contributed by atoms with Crippen molar-refractivity contribution in [1.82, 2.24) is 9.88 Å². The van der Waals surface area contributed by atoms with E-state index < -0.39 is 0 Å². The molecule has 0 spiro atoms. The number of rotatable bonds is 3. The molecule has 3 heteroatoms. The quantitative estimate of drug-likeness (QED) is 0.799. The molecule has 0 aliphatic carbocycles. The predicted molar refractivity (Wildman–Crippen MR) is 67.3 cm³/mol. The average Bonchev–Trinajstić information content (AvgIpc) is 2.41. The smallest absolute Gasteiger partial charge is 0.137 e. The van der Waals surface area contributed by atoms with Gasteiger partial charge < -0.3 is 9.64 Å². The summed E-state index contributed by atoms with van der Waals surface area (Å²) in [5.74, 6) is 2.45. The fourth-order valence-corrected chi connectivity index (χ4v) is 3.23. The van der Waals surface area contributed by atoms with Gasteiger partial charge in [-0.3, -0.25) is 4.98 Å². The average molecular weight is 232 g/mol. The van der Waals surface area contributed by atoms with Crippen LogP contribution in [0.2, 0.25) is 0 Å². The van der Waals surface area contributed by atoms with Gasteiger partial charge in [-0.15, -0.1) is 0 Å². The van der Waals surface area contributed by atoms with Gasteiger partial charge in [0, 0.05) is 18.7 Å². The number of piperidine rings is 3. The molecule has 0 radical (unpaired) electrons. The van der Waals surface area contributed by atoms with Gasteiger partial charge in [0.1, 0.15) is 5.75 Å². The normalized spacial score (nSPS) is 31.5. The maximum atomic E-state index is 5.54. The molecular weight excluding hydrogens is 212 g/mol. The molecule has 0 amide bonds. The number of fused-ring (bicyclic) bond motifs is 3. The molecule has 3 nitrogen and oxygen atoms in total. The number of hydrogen-bond donors (Lipinski definition) is 0. The first-order chi connectivity index (χ1) is 8.36. The highest BCUT2D eigenvalue weighted by Gasteiger charge is 2.35. The topological polar surface area (TPSA) is 25.4 Å². The van der Waals surface area contributed by atoms with Crippen LogP contribution in [0.1, 0.15) is 31.2 Å². The Balaban J connectivity index is 1.81. The molecule has 2 bridgehead atoms. The maximum Gasteiger partial charge on any atom is 0.137 e. The number of pyridine rings is 1. The summed E-state index contributed by atoms with van der Waals surface area (Å²) in [6.45, 7) is 6.52. The van der Waals surface area contributed by atoms with Gasteiger partial charge in [0.05, 0.1) is 12.8 Å². The van der Waals surface area contributed by atoms with E-state index in [-0.39, 0.29) is 0 Å². The van der Waals surface area contributed by atoms with Crippen LogP contribution in [0, 0.1) is 5.92 Å². The third-order valence-electron chi connectivity index (χ3n) is 4.13. The van der Waals surface area contributed by atoms with Crippen LogP contribution in [0.4, 0.5) is 0 Å². The fraction of sp³-hybridized carbons (Fsp3) is 0.643. The van der Waals surface area contributed by atoms with Crippen molar-refractivity contribution in [1.29, 1.82) is 0 Å². The Morgan fingerprint density at radius 2 is 2.18 bits per heavy atom. The zero-order valence-corrected chi connectivity index (χ0v) is 10.4. The second-order valence-corrected chi connectivity index (χ2v) is 5.13. The second-order valence-electron chi connectivity index (χ2n) is 5.13. The van der Waals surface area contributed by atoms with E-state index >= 15 is 0 Å². The summed E-state index contributed by atoms with van der Waals surface area (Å²) in [6.07, 6.45) is 6.54. The van der Waals surface area contributed by atoms with Crippen LogP contribution in [0.5, 0.6) is 5.75 Å². The summed E-state index contributed by atoms with van der Waals surface area (Å²) in [5.41, 5.74) is 1.37. The molecule has 0 saturated carbocycles. The van der Waals surface area contributed by atoms with Crippen LogP contribution in [-0.2, 0) is 0 Å². The van der Waals surface area contributed by atoms with Crippen molar-refractivity contribution in [2.45, 2.75) is 25.7 Å². The molecule has 3 saturated heterocycles. The Morgan fingerprint density at radius 3 is 2.82 bits per heavy atom. The molecule has 4 rings (SSSR count). The lowest BCUT2D eigenvalue weighted by Gasteiger charge is -2.45. The van der Waals surface area contributed by atoms with Crippen LogP contribution >= 0.6 is 0 Å². The highest BCUT2D eigenvalue weighted by molar-refractivity contribution is 5.28. The van der Waals surface area contributed by atoms with Crippen molar-refractivity contribution in [3.8, 4) is 5.75 Å². The number of ether oxygens (including phenoxy) is 1. The number of hydrogen-bond acceptors (Lipinski definition) is 3. The Morgan fingerprint density at radius 1 is 1.35 bits per heavy atom. The summed E-state index contributed by atoms with van der Waals surface area (Å²) in [7, 11) is 0. The van der Waals surface area contributed by atoms with Gasteiger partial charge >= 0.3 is 0 Å². The SMILES string of the molecule is CCOc1cncc(C2CN3CCC2CC3)c1. The lowest BCUT2D eigenvalue weighted by atomic mass is 9.76. The Kier molecular flexibility index (Phi) is 3.02. The first kappa shape index (κ1) is 11.0. The minimum Gasteiger partial charge on any atom is -0.492 e. The lowest BCUT2D eigenvalue weighted by Crippen LogP contribution is -2.46. The van der Waals surface area contributed by atoms with Crippen molar-refractivity contribution in [3.05, 3.63) is 24.0 Å². The van der Waals surface area contributed by atoms with Crippen molar-refractivity contribution in [2.75, 3.05) is 26.2 Å². The van der Waals surface area contributed by atoms with Gasteiger partial charge in [0.25, 0.3) is 0 Å². The molecule has 17 heavy (non-hydrogen) atoms. The van der Waals surface area contributed by atoms with E-state index in [4.69, 9.17) is 4.74 Å². The Bertz CT molecular complexity index is 386. The molecular formula is C14H20N2O. The molecule has 3 aliphatic heterocycles. The zero-order valence-electron chi connectivity index (χ0n) is 10.4. The van der Waals surface area contributed by atoms with Gasteiger partial charge in [0.15, 0.2) is 0 Å². The summed E-state index contributed by atoms with van der Waals surface area (Å²) < 4.78 is 5.54. The first-order valence-electron chi connectivity index (χ1n) is 6.67. The Hall–Kier alpha value is -1.09.